The molecule has 7 heteroatoms. The van der Waals surface area contributed by atoms with Gasteiger partial charge in [-0.25, -0.2) is 9.97 Å². The first-order valence-corrected chi connectivity index (χ1v) is 6.89. The quantitative estimate of drug-likeness (QED) is 0.922. The van der Waals surface area contributed by atoms with Crippen LogP contribution in [0.15, 0.2) is 24.3 Å². The number of nitrogens with one attached hydrogen (secondary N) is 1. The van der Waals surface area contributed by atoms with E-state index in [1.165, 1.54) is 12.1 Å². The summed E-state index contributed by atoms with van der Waals surface area (Å²) >= 11 is 0. The van der Waals surface area contributed by atoms with Crippen molar-refractivity contribution in [1.29, 1.82) is 0 Å². The average molecular weight is 309 g/mol. The Kier molecular flexibility index (Phi) is 3.64. The molecule has 4 nitrogen and oxygen atoms in total. The van der Waals surface area contributed by atoms with Crippen molar-refractivity contribution >= 4 is 5.82 Å². The van der Waals surface area contributed by atoms with E-state index < -0.39 is 11.7 Å². The first-order valence-electron chi connectivity index (χ1n) is 6.89. The molecule has 116 valence electrons. The number of nitrogens with zero attached hydrogens (tertiary/aromatic N) is 2. The zero-order chi connectivity index (χ0) is 15.7. The molecule has 2 heterocycles. The monoisotopic (exact) mass is 309 g/mol. The van der Waals surface area contributed by atoms with Crippen LogP contribution in [0.2, 0.25) is 0 Å². The van der Waals surface area contributed by atoms with E-state index in [2.05, 4.69) is 15.3 Å². The van der Waals surface area contributed by atoms with Crippen molar-refractivity contribution in [2.45, 2.75) is 19.0 Å². The summed E-state index contributed by atoms with van der Waals surface area (Å²) in [6, 6.07) is 5.32. The SMILES string of the molecule is CNc1nc(-c2ccccc2C(F)(F)F)nc2c1OCCC2. The molecule has 22 heavy (non-hydrogen) atoms. The van der Waals surface area contributed by atoms with Gasteiger partial charge in [0.1, 0.15) is 0 Å². The van der Waals surface area contributed by atoms with Gasteiger partial charge in [0.2, 0.25) is 0 Å². The molecule has 0 bridgehead atoms. The third-order valence-corrected chi connectivity index (χ3v) is 3.45. The Balaban J connectivity index is 2.18. The molecule has 0 fully saturated rings. The largest absolute Gasteiger partial charge is 0.488 e. The third kappa shape index (κ3) is 2.58. The molecular formula is C15H14F3N3O. The molecule has 0 amide bonds. The van der Waals surface area contributed by atoms with E-state index in [0.717, 1.165) is 12.5 Å². The summed E-state index contributed by atoms with van der Waals surface area (Å²) in [6.45, 7) is 0.559. The molecule has 2 aromatic rings. The second-order valence-electron chi connectivity index (χ2n) is 4.92. The number of ether oxygens (including phenoxy) is 1. The third-order valence-electron chi connectivity index (χ3n) is 3.45. The zero-order valence-corrected chi connectivity index (χ0v) is 11.9. The van der Waals surface area contributed by atoms with Gasteiger partial charge in [0.05, 0.1) is 17.9 Å². The fraction of sp³-hybridized carbons (Fsp3) is 0.333. The average Bonchev–Trinajstić information content (AvgIpc) is 2.53. The number of hydrogen-bond acceptors (Lipinski definition) is 4. The first kappa shape index (κ1) is 14.6. The molecule has 1 aliphatic rings. The maximum atomic E-state index is 13.2. The molecule has 0 radical (unpaired) electrons. The van der Waals surface area contributed by atoms with Gasteiger partial charge in [-0.2, -0.15) is 13.2 Å². The highest BCUT2D eigenvalue weighted by molar-refractivity contribution is 5.66. The molecule has 0 saturated carbocycles. The molecule has 3 rings (SSSR count). The van der Waals surface area contributed by atoms with E-state index in [1.54, 1.807) is 13.1 Å². The lowest BCUT2D eigenvalue weighted by atomic mass is 10.1. The zero-order valence-electron chi connectivity index (χ0n) is 11.9. The minimum Gasteiger partial charge on any atom is -0.488 e. The molecule has 1 N–H and O–H groups in total. The summed E-state index contributed by atoms with van der Waals surface area (Å²) in [5, 5.41) is 2.87. The van der Waals surface area contributed by atoms with Crippen molar-refractivity contribution in [3.8, 4) is 17.1 Å². The summed E-state index contributed by atoms with van der Waals surface area (Å²) in [4.78, 5) is 8.49. The van der Waals surface area contributed by atoms with Crippen LogP contribution in [0.25, 0.3) is 11.4 Å². The maximum absolute atomic E-state index is 13.2. The number of halogens is 3. The smallest absolute Gasteiger partial charge is 0.417 e. The van der Waals surface area contributed by atoms with E-state index in [1.807, 2.05) is 0 Å². The first-order chi connectivity index (χ1) is 10.5. The van der Waals surface area contributed by atoms with Crippen LogP contribution in [-0.2, 0) is 12.6 Å². The van der Waals surface area contributed by atoms with Gasteiger partial charge in [0, 0.05) is 12.6 Å². The predicted octanol–water partition coefficient (Wildman–Crippen LogP) is 3.53. The lowest BCUT2D eigenvalue weighted by Crippen LogP contribution is -2.15. The number of aromatic nitrogens is 2. The number of anilines is 1. The topological polar surface area (TPSA) is 47.0 Å². The van der Waals surface area contributed by atoms with Crippen molar-refractivity contribution in [3.05, 3.63) is 35.5 Å². The van der Waals surface area contributed by atoms with E-state index >= 15 is 0 Å². The highest BCUT2D eigenvalue weighted by atomic mass is 19.4. The molecule has 1 aromatic heterocycles. The second kappa shape index (κ2) is 5.47. The van der Waals surface area contributed by atoms with Crippen LogP contribution >= 0.6 is 0 Å². The highest BCUT2D eigenvalue weighted by Gasteiger charge is 2.34. The van der Waals surface area contributed by atoms with E-state index in [0.29, 0.717) is 30.3 Å². The Labute approximate surface area is 125 Å². The van der Waals surface area contributed by atoms with Gasteiger partial charge in [-0.3, -0.25) is 0 Å². The molecule has 0 aliphatic carbocycles. The molecule has 0 saturated heterocycles. The lowest BCUT2D eigenvalue weighted by Gasteiger charge is -2.20. The van der Waals surface area contributed by atoms with Crippen LogP contribution in [0.3, 0.4) is 0 Å². The minimum absolute atomic E-state index is 0.0279. The van der Waals surface area contributed by atoms with Crippen molar-refractivity contribution in [3.63, 3.8) is 0 Å². The molecular weight excluding hydrogens is 295 g/mol. The predicted molar refractivity (Wildman–Crippen MR) is 75.8 cm³/mol. The summed E-state index contributed by atoms with van der Waals surface area (Å²) in [5.41, 5.74) is -0.133. The molecule has 0 atom stereocenters. The number of rotatable bonds is 2. The van der Waals surface area contributed by atoms with E-state index in [4.69, 9.17) is 4.74 Å². The van der Waals surface area contributed by atoms with Crippen molar-refractivity contribution in [2.24, 2.45) is 0 Å². The Bertz CT molecular complexity index is 684. The number of alkyl halides is 3. The lowest BCUT2D eigenvalue weighted by molar-refractivity contribution is -0.137. The van der Waals surface area contributed by atoms with Crippen LogP contribution < -0.4 is 10.1 Å². The van der Waals surface area contributed by atoms with Crippen molar-refractivity contribution < 1.29 is 17.9 Å². The van der Waals surface area contributed by atoms with Gasteiger partial charge in [-0.05, 0) is 18.9 Å². The molecule has 1 aromatic carbocycles. The van der Waals surface area contributed by atoms with E-state index in [9.17, 15) is 13.2 Å². The normalized spacial score (nSPS) is 14.2. The standard InChI is InChI=1S/C15H14F3N3O/c1-19-14-12-11(7-4-8-22-12)20-13(21-14)9-5-2-3-6-10(9)15(16,17)18/h2-3,5-6H,4,7-8H2,1H3,(H,19,20,21). The number of benzene rings is 1. The van der Waals surface area contributed by atoms with Gasteiger partial charge in [-0.1, -0.05) is 18.2 Å². The molecule has 1 aliphatic heterocycles. The van der Waals surface area contributed by atoms with Crippen molar-refractivity contribution in [1.82, 2.24) is 9.97 Å². The fourth-order valence-corrected chi connectivity index (χ4v) is 2.45. The van der Waals surface area contributed by atoms with Gasteiger partial charge in [-0.15, -0.1) is 0 Å². The second-order valence-corrected chi connectivity index (χ2v) is 4.92. The minimum atomic E-state index is -4.45. The number of hydrogen-bond donors (Lipinski definition) is 1. The van der Waals surface area contributed by atoms with Gasteiger partial charge >= 0.3 is 6.18 Å². The Morgan fingerprint density at radius 3 is 2.68 bits per heavy atom. The summed E-state index contributed by atoms with van der Waals surface area (Å²) in [6.07, 6.45) is -3.01. The highest BCUT2D eigenvalue weighted by Crippen LogP contribution is 2.38. The van der Waals surface area contributed by atoms with Crippen LogP contribution in [0, 0.1) is 0 Å². The van der Waals surface area contributed by atoms with Crippen LogP contribution in [0.4, 0.5) is 19.0 Å². The Morgan fingerprint density at radius 2 is 1.95 bits per heavy atom. The molecule has 0 spiro atoms. The number of fused-ring (bicyclic) bond motifs is 1. The summed E-state index contributed by atoms with van der Waals surface area (Å²) in [7, 11) is 1.65. The van der Waals surface area contributed by atoms with Gasteiger partial charge in [0.15, 0.2) is 17.4 Å². The van der Waals surface area contributed by atoms with Gasteiger partial charge in [0.25, 0.3) is 0 Å². The Morgan fingerprint density at radius 1 is 1.18 bits per heavy atom. The summed E-state index contributed by atoms with van der Waals surface area (Å²) in [5.74, 6) is 1.00. The van der Waals surface area contributed by atoms with Crippen molar-refractivity contribution in [2.75, 3.05) is 19.0 Å². The van der Waals surface area contributed by atoms with Crippen LogP contribution in [0.5, 0.6) is 5.75 Å². The molecule has 0 unspecified atom stereocenters. The maximum Gasteiger partial charge on any atom is 0.417 e. The van der Waals surface area contributed by atoms with Crippen LogP contribution in [0.1, 0.15) is 17.7 Å². The summed E-state index contributed by atoms with van der Waals surface area (Å²) < 4.78 is 45.0. The van der Waals surface area contributed by atoms with Crippen LogP contribution in [-0.4, -0.2) is 23.6 Å². The van der Waals surface area contributed by atoms with Gasteiger partial charge < -0.3 is 10.1 Å². The van der Waals surface area contributed by atoms with E-state index in [-0.39, 0.29) is 11.4 Å². The Hall–Kier alpha value is -2.31. The number of aryl methyl sites for hydroxylation is 1. The fourth-order valence-electron chi connectivity index (χ4n) is 2.45.